The molecule has 0 atom stereocenters. The van der Waals surface area contributed by atoms with E-state index >= 15 is 0 Å². The number of esters is 3. The van der Waals surface area contributed by atoms with Crippen LogP contribution in [0, 0.1) is 0 Å². The van der Waals surface area contributed by atoms with Crippen molar-refractivity contribution in [2.24, 2.45) is 0 Å². The normalized spacial score (nSPS) is 10.5. The summed E-state index contributed by atoms with van der Waals surface area (Å²) in [4.78, 5) is 79.7. The molecule has 0 fully saturated rings. The predicted octanol–water partition coefficient (Wildman–Crippen LogP) is -0.625. The van der Waals surface area contributed by atoms with Crippen molar-refractivity contribution in [3.63, 3.8) is 0 Å². The molecule has 0 saturated heterocycles. The summed E-state index contributed by atoms with van der Waals surface area (Å²) < 4.78 is 14.5. The van der Waals surface area contributed by atoms with E-state index in [1.807, 2.05) is 0 Å². The number of carboxylic acid groups (broad SMARTS) is 1. The van der Waals surface area contributed by atoms with E-state index in [0.717, 1.165) is 0 Å². The third kappa shape index (κ3) is 14.1. The molecule has 0 saturated carbocycles. The highest BCUT2D eigenvalue weighted by atomic mass is 16.6. The van der Waals surface area contributed by atoms with Crippen molar-refractivity contribution in [3.05, 3.63) is 12.2 Å². The second-order valence-corrected chi connectivity index (χ2v) is 7.15. The van der Waals surface area contributed by atoms with Crippen molar-refractivity contribution < 1.29 is 52.9 Å². The Hall–Kier alpha value is -3.61. The molecular formula is C20H28N2O11. The van der Waals surface area contributed by atoms with E-state index in [4.69, 9.17) is 14.6 Å². The van der Waals surface area contributed by atoms with Crippen LogP contribution in [0.1, 0.15) is 46.5 Å². The minimum absolute atomic E-state index is 0.0947. The van der Waals surface area contributed by atoms with E-state index in [1.165, 1.54) is 20.8 Å². The molecule has 0 aromatic heterocycles. The molecule has 13 heteroatoms. The third-order valence-electron chi connectivity index (χ3n) is 3.64. The highest BCUT2D eigenvalue weighted by Gasteiger charge is 2.25. The summed E-state index contributed by atoms with van der Waals surface area (Å²) in [5.41, 5.74) is -1.16. The van der Waals surface area contributed by atoms with Gasteiger partial charge in [-0.25, -0.2) is 14.9 Å². The first-order chi connectivity index (χ1) is 15.2. The molecule has 0 spiro atoms. The largest absolute Gasteiger partial charge is 0.481 e. The lowest BCUT2D eigenvalue weighted by Gasteiger charge is -2.26. The van der Waals surface area contributed by atoms with Crippen LogP contribution in [0.3, 0.4) is 0 Å². The zero-order valence-electron chi connectivity index (χ0n) is 18.7. The van der Waals surface area contributed by atoms with Gasteiger partial charge in [-0.2, -0.15) is 0 Å². The number of carboxylic acids is 1. The fourth-order valence-corrected chi connectivity index (χ4v) is 1.91. The number of ether oxygens (including phenoxy) is 3. The van der Waals surface area contributed by atoms with Crippen molar-refractivity contribution in [2.45, 2.75) is 52.2 Å². The Morgan fingerprint density at radius 2 is 1.48 bits per heavy atom. The van der Waals surface area contributed by atoms with Crippen molar-refractivity contribution in [1.29, 1.82) is 0 Å². The Balaban J connectivity index is 4.21. The van der Waals surface area contributed by atoms with E-state index in [9.17, 15) is 33.6 Å². The lowest BCUT2D eigenvalue weighted by molar-refractivity contribution is -0.165. The molecule has 0 bridgehead atoms. The number of nitrogens with one attached hydrogen (secondary N) is 2. The lowest BCUT2D eigenvalue weighted by atomic mass is 10.2. The topological polar surface area (TPSA) is 191 Å². The second-order valence-electron chi connectivity index (χ2n) is 7.15. The number of aliphatic carboxylic acids is 1. The number of rotatable bonds is 16. The van der Waals surface area contributed by atoms with Gasteiger partial charge in [0.15, 0.2) is 5.72 Å². The van der Waals surface area contributed by atoms with Crippen LogP contribution >= 0.6 is 0 Å². The summed E-state index contributed by atoms with van der Waals surface area (Å²) in [7, 11) is 0. The van der Waals surface area contributed by atoms with Crippen molar-refractivity contribution in [1.82, 2.24) is 10.6 Å². The fourth-order valence-electron chi connectivity index (χ4n) is 1.91. The molecule has 33 heavy (non-hydrogen) atoms. The van der Waals surface area contributed by atoms with Gasteiger partial charge in [0.1, 0.15) is 13.3 Å². The van der Waals surface area contributed by atoms with Crippen LogP contribution in [0.5, 0.6) is 0 Å². The lowest BCUT2D eigenvalue weighted by Crippen LogP contribution is -2.45. The molecule has 0 aromatic carbocycles. The van der Waals surface area contributed by atoms with Crippen LogP contribution in [0.25, 0.3) is 0 Å². The monoisotopic (exact) mass is 472 g/mol. The van der Waals surface area contributed by atoms with Gasteiger partial charge in [0.25, 0.3) is 5.91 Å². The van der Waals surface area contributed by atoms with Crippen LogP contribution in [-0.2, 0) is 47.8 Å². The summed E-state index contributed by atoms with van der Waals surface area (Å²) in [5, 5.41) is 13.3. The SMILES string of the molecule is C=C(C)C(=O)OCCNC(=O)C(=O)CCC(=O)OC(C)(C)NCOC(=O)C(=O)CCC(=O)O. The highest BCUT2D eigenvalue weighted by Crippen LogP contribution is 2.08. The number of ketones is 2. The second kappa shape index (κ2) is 14.5. The molecule has 0 rings (SSSR count). The Kier molecular flexibility index (Phi) is 12.9. The van der Waals surface area contributed by atoms with Gasteiger partial charge in [-0.15, -0.1) is 0 Å². The smallest absolute Gasteiger partial charge is 0.375 e. The van der Waals surface area contributed by atoms with Gasteiger partial charge in [-0.3, -0.25) is 24.0 Å². The first-order valence-electron chi connectivity index (χ1n) is 9.77. The summed E-state index contributed by atoms with van der Waals surface area (Å²) in [6.07, 6.45) is -1.85. The summed E-state index contributed by atoms with van der Waals surface area (Å²) >= 11 is 0. The first kappa shape index (κ1) is 29.4. The maximum Gasteiger partial charge on any atom is 0.375 e. The van der Waals surface area contributed by atoms with Crippen LogP contribution in [-0.4, -0.2) is 72.1 Å². The Bertz CT molecular complexity index is 802. The molecular weight excluding hydrogens is 444 g/mol. The molecule has 0 aliphatic heterocycles. The number of amides is 1. The quantitative estimate of drug-likeness (QED) is 0.0644. The molecule has 13 nitrogen and oxygen atoms in total. The molecule has 0 radical (unpaired) electrons. The maximum absolute atomic E-state index is 11.9. The number of carbonyl (C=O) groups excluding carboxylic acids is 6. The van der Waals surface area contributed by atoms with Gasteiger partial charge in [0.2, 0.25) is 11.6 Å². The molecule has 0 aliphatic rings. The first-order valence-corrected chi connectivity index (χ1v) is 9.77. The standard InChI is InChI=1S/C20H28N2O11/c1-12(2)18(29)31-10-9-21-17(28)13(23)6-8-16(27)33-20(3,4)22-11-32-19(30)14(24)5-7-15(25)26/h22H,1,5-11H2,2-4H3,(H,21,28)(H,25,26). The Labute approximate surface area is 189 Å². The zero-order chi connectivity index (χ0) is 25.6. The van der Waals surface area contributed by atoms with Gasteiger partial charge in [-0.1, -0.05) is 6.58 Å². The average molecular weight is 472 g/mol. The van der Waals surface area contributed by atoms with Crippen LogP contribution < -0.4 is 10.6 Å². The third-order valence-corrected chi connectivity index (χ3v) is 3.64. The number of Topliss-reactive ketones (excluding diaryl/α,β-unsaturated/α-hetero) is 2. The molecule has 184 valence electrons. The van der Waals surface area contributed by atoms with Crippen LogP contribution in [0.2, 0.25) is 0 Å². The molecule has 0 aliphatic carbocycles. The average Bonchev–Trinajstić information content (AvgIpc) is 2.71. The number of hydrogen-bond acceptors (Lipinski definition) is 11. The summed E-state index contributed by atoms with van der Waals surface area (Å²) in [6.45, 7) is 6.91. The van der Waals surface area contributed by atoms with E-state index < -0.39 is 79.5 Å². The fraction of sp³-hybridized carbons (Fsp3) is 0.550. The van der Waals surface area contributed by atoms with Gasteiger partial charge in [-0.05, 0) is 20.8 Å². The molecule has 1 amide bonds. The van der Waals surface area contributed by atoms with Crippen LogP contribution in [0.15, 0.2) is 12.2 Å². The summed E-state index contributed by atoms with van der Waals surface area (Å²) in [5.74, 6) is -6.77. The molecule has 3 N–H and O–H groups in total. The van der Waals surface area contributed by atoms with Crippen molar-refractivity contribution in [3.8, 4) is 0 Å². The van der Waals surface area contributed by atoms with Gasteiger partial charge in [0.05, 0.1) is 19.4 Å². The van der Waals surface area contributed by atoms with Gasteiger partial charge < -0.3 is 24.6 Å². The van der Waals surface area contributed by atoms with E-state index in [1.54, 1.807) is 0 Å². The minimum Gasteiger partial charge on any atom is -0.481 e. The molecule has 0 heterocycles. The predicted molar refractivity (Wildman–Crippen MR) is 109 cm³/mol. The van der Waals surface area contributed by atoms with Crippen LogP contribution in [0.4, 0.5) is 0 Å². The molecule has 0 unspecified atom stereocenters. The van der Waals surface area contributed by atoms with Gasteiger partial charge >= 0.3 is 23.9 Å². The summed E-state index contributed by atoms with van der Waals surface area (Å²) in [6, 6.07) is 0. The van der Waals surface area contributed by atoms with Gasteiger partial charge in [0, 0.05) is 18.4 Å². The minimum atomic E-state index is -1.35. The van der Waals surface area contributed by atoms with Crippen molar-refractivity contribution >= 4 is 41.4 Å². The maximum atomic E-state index is 11.9. The molecule has 0 aromatic rings. The Morgan fingerprint density at radius 3 is 2.06 bits per heavy atom. The van der Waals surface area contributed by atoms with E-state index in [-0.39, 0.29) is 18.7 Å². The number of carbonyl (C=O) groups is 7. The Morgan fingerprint density at radius 1 is 0.879 bits per heavy atom. The number of hydrogen-bond donors (Lipinski definition) is 3. The van der Waals surface area contributed by atoms with E-state index in [2.05, 4.69) is 21.9 Å². The highest BCUT2D eigenvalue weighted by molar-refractivity contribution is 6.36. The van der Waals surface area contributed by atoms with Crippen molar-refractivity contribution in [2.75, 3.05) is 19.9 Å². The van der Waals surface area contributed by atoms with E-state index in [0.29, 0.717) is 0 Å². The zero-order valence-corrected chi connectivity index (χ0v) is 18.7.